The second kappa shape index (κ2) is 7.23. The van der Waals surface area contributed by atoms with Crippen LogP contribution in [0.2, 0.25) is 5.02 Å². The molecule has 29 heavy (non-hydrogen) atoms. The molecule has 5 nitrogen and oxygen atoms in total. The second-order valence-corrected chi connectivity index (χ2v) is 8.06. The summed E-state index contributed by atoms with van der Waals surface area (Å²) >= 11 is 5.87. The van der Waals surface area contributed by atoms with Crippen molar-refractivity contribution in [2.75, 3.05) is 18.0 Å². The molecular weight excluding hydrogens is 390 g/mol. The maximum atomic E-state index is 12.6. The number of carbonyl (C=O) groups excluding carboxylic acids is 1. The van der Waals surface area contributed by atoms with Crippen molar-refractivity contribution < 1.29 is 13.9 Å². The normalized spacial score (nSPS) is 15.3. The smallest absolute Gasteiger partial charge is 0.351 e. The van der Waals surface area contributed by atoms with E-state index in [-0.39, 0.29) is 12.2 Å². The number of rotatable bonds is 3. The molecule has 0 unspecified atom stereocenters. The molecule has 148 valence electrons. The maximum absolute atomic E-state index is 12.6. The lowest BCUT2D eigenvalue weighted by molar-refractivity contribution is 0.0468. The Morgan fingerprint density at radius 1 is 1.10 bits per heavy atom. The molecule has 0 saturated heterocycles. The highest BCUT2D eigenvalue weighted by Crippen LogP contribution is 2.39. The lowest BCUT2D eigenvalue weighted by Gasteiger charge is -2.37. The van der Waals surface area contributed by atoms with Crippen LogP contribution < -0.4 is 10.5 Å². The number of anilines is 1. The van der Waals surface area contributed by atoms with Gasteiger partial charge in [0.25, 0.3) is 0 Å². The number of hydrogen-bond acceptors (Lipinski definition) is 5. The van der Waals surface area contributed by atoms with Crippen molar-refractivity contribution in [3.8, 4) is 0 Å². The van der Waals surface area contributed by atoms with Crippen LogP contribution in [-0.4, -0.2) is 19.1 Å². The molecule has 3 aromatic rings. The summed E-state index contributed by atoms with van der Waals surface area (Å²) < 4.78 is 11.0. The standard InChI is InChI=1S/C23H20ClNO4/c24-17-7-5-14(6-8-17)13-28-22(26)19-12-16-11-15-3-1-9-25-10-2-4-18(20(15)25)21(16)29-23(19)27/h5-8,11-12H,1-4,9-10,13H2. The van der Waals surface area contributed by atoms with Crippen LogP contribution in [-0.2, 0) is 24.2 Å². The summed E-state index contributed by atoms with van der Waals surface area (Å²) in [5.74, 6) is -0.677. The van der Waals surface area contributed by atoms with Crippen molar-refractivity contribution in [3.63, 3.8) is 0 Å². The number of halogens is 1. The average molecular weight is 410 g/mol. The van der Waals surface area contributed by atoms with E-state index in [1.807, 2.05) is 0 Å². The molecule has 0 aliphatic carbocycles. The first kappa shape index (κ1) is 18.3. The van der Waals surface area contributed by atoms with E-state index >= 15 is 0 Å². The highest BCUT2D eigenvalue weighted by Gasteiger charge is 2.27. The van der Waals surface area contributed by atoms with Gasteiger partial charge in [0, 0.05) is 34.7 Å². The van der Waals surface area contributed by atoms with Crippen LogP contribution in [0.5, 0.6) is 0 Å². The first-order valence-corrected chi connectivity index (χ1v) is 10.3. The van der Waals surface area contributed by atoms with E-state index in [1.54, 1.807) is 30.3 Å². The third-order valence-electron chi connectivity index (χ3n) is 5.72. The van der Waals surface area contributed by atoms with Crippen molar-refractivity contribution in [1.29, 1.82) is 0 Å². The van der Waals surface area contributed by atoms with Gasteiger partial charge < -0.3 is 14.1 Å². The number of benzene rings is 2. The van der Waals surface area contributed by atoms with Crippen LogP contribution in [0.1, 0.15) is 39.9 Å². The highest BCUT2D eigenvalue weighted by atomic mass is 35.5. The van der Waals surface area contributed by atoms with Gasteiger partial charge in [-0.3, -0.25) is 0 Å². The number of esters is 1. The van der Waals surface area contributed by atoms with Crippen LogP contribution >= 0.6 is 11.6 Å². The summed E-state index contributed by atoms with van der Waals surface area (Å²) in [5, 5.41) is 1.40. The molecule has 0 amide bonds. The highest BCUT2D eigenvalue weighted by molar-refractivity contribution is 6.30. The molecule has 0 radical (unpaired) electrons. The van der Waals surface area contributed by atoms with Crippen LogP contribution in [0.15, 0.2) is 45.6 Å². The van der Waals surface area contributed by atoms with E-state index in [9.17, 15) is 9.59 Å². The van der Waals surface area contributed by atoms with Gasteiger partial charge in [-0.15, -0.1) is 0 Å². The monoisotopic (exact) mass is 409 g/mol. The number of fused-ring (bicyclic) bond motifs is 2. The zero-order valence-corrected chi connectivity index (χ0v) is 16.6. The molecule has 0 fully saturated rings. The van der Waals surface area contributed by atoms with Crippen LogP contribution in [0, 0.1) is 0 Å². The molecule has 1 aromatic heterocycles. The van der Waals surface area contributed by atoms with Gasteiger partial charge in [0.15, 0.2) is 0 Å². The quantitative estimate of drug-likeness (QED) is 0.470. The van der Waals surface area contributed by atoms with Gasteiger partial charge >= 0.3 is 11.6 Å². The minimum atomic E-state index is -0.677. The number of ether oxygens (including phenoxy) is 1. The van der Waals surface area contributed by atoms with E-state index < -0.39 is 11.6 Å². The molecular formula is C23H20ClNO4. The third-order valence-corrected chi connectivity index (χ3v) is 5.97. The van der Waals surface area contributed by atoms with E-state index in [0.717, 1.165) is 55.3 Å². The average Bonchev–Trinajstić information content (AvgIpc) is 2.73. The molecule has 0 N–H and O–H groups in total. The Morgan fingerprint density at radius 2 is 1.86 bits per heavy atom. The molecule has 0 saturated carbocycles. The lowest BCUT2D eigenvalue weighted by Crippen LogP contribution is -2.34. The molecule has 2 aliphatic heterocycles. The van der Waals surface area contributed by atoms with Crippen LogP contribution in [0.25, 0.3) is 11.0 Å². The number of carbonyl (C=O) groups is 1. The minimum absolute atomic E-state index is 0.0673. The largest absolute Gasteiger partial charge is 0.457 e. The third kappa shape index (κ3) is 3.29. The molecule has 3 heterocycles. The SMILES string of the molecule is O=C(OCc1ccc(Cl)cc1)c1cc2cc3c4c(c2oc1=O)CCCN4CCC3. The molecule has 0 atom stereocenters. The second-order valence-electron chi connectivity index (χ2n) is 7.63. The number of nitrogens with zero attached hydrogens (tertiary/aromatic N) is 1. The predicted molar refractivity (Wildman–Crippen MR) is 112 cm³/mol. The minimum Gasteiger partial charge on any atom is -0.457 e. The van der Waals surface area contributed by atoms with Gasteiger partial charge in [0.05, 0.1) is 0 Å². The predicted octanol–water partition coefficient (Wildman–Crippen LogP) is 4.50. The van der Waals surface area contributed by atoms with Crippen molar-refractivity contribution in [2.45, 2.75) is 32.3 Å². The van der Waals surface area contributed by atoms with E-state index in [2.05, 4.69) is 11.0 Å². The first-order chi connectivity index (χ1) is 14.1. The lowest BCUT2D eigenvalue weighted by atomic mass is 9.90. The van der Waals surface area contributed by atoms with E-state index in [4.69, 9.17) is 20.8 Å². The van der Waals surface area contributed by atoms with Crippen molar-refractivity contribution >= 4 is 34.2 Å². The van der Waals surface area contributed by atoms with Gasteiger partial charge in [0.1, 0.15) is 17.8 Å². The Hall–Kier alpha value is -2.79. The fraction of sp³-hybridized carbons (Fsp3) is 0.304. The number of aryl methyl sites for hydroxylation is 2. The zero-order valence-electron chi connectivity index (χ0n) is 15.9. The summed E-state index contributed by atoms with van der Waals surface area (Å²) in [6.45, 7) is 2.16. The summed E-state index contributed by atoms with van der Waals surface area (Å²) in [6.07, 6.45) is 4.05. The summed E-state index contributed by atoms with van der Waals surface area (Å²) in [4.78, 5) is 27.5. The van der Waals surface area contributed by atoms with Crippen LogP contribution in [0.3, 0.4) is 0 Å². The molecule has 6 heteroatoms. The van der Waals surface area contributed by atoms with Gasteiger partial charge in [-0.05, 0) is 61.1 Å². The van der Waals surface area contributed by atoms with Crippen LogP contribution in [0.4, 0.5) is 5.69 Å². The zero-order chi connectivity index (χ0) is 20.0. The van der Waals surface area contributed by atoms with Gasteiger partial charge in [-0.1, -0.05) is 23.7 Å². The molecule has 0 spiro atoms. The Morgan fingerprint density at radius 3 is 2.66 bits per heavy atom. The van der Waals surface area contributed by atoms with Gasteiger partial charge in [-0.2, -0.15) is 0 Å². The van der Waals surface area contributed by atoms with Crippen molar-refractivity contribution in [2.24, 2.45) is 0 Å². The van der Waals surface area contributed by atoms with E-state index in [0.29, 0.717) is 10.6 Å². The molecule has 5 rings (SSSR count). The number of hydrogen-bond donors (Lipinski definition) is 0. The fourth-order valence-electron chi connectivity index (χ4n) is 4.40. The van der Waals surface area contributed by atoms with Crippen molar-refractivity contribution in [3.05, 3.63) is 74.1 Å². The van der Waals surface area contributed by atoms with Gasteiger partial charge in [-0.25, -0.2) is 9.59 Å². The molecule has 0 bridgehead atoms. The molecule has 2 aliphatic rings. The summed E-state index contributed by atoms with van der Waals surface area (Å²) in [5.41, 5.74) is 4.29. The van der Waals surface area contributed by atoms with Gasteiger partial charge in [0.2, 0.25) is 0 Å². The fourth-order valence-corrected chi connectivity index (χ4v) is 4.52. The van der Waals surface area contributed by atoms with Crippen molar-refractivity contribution in [1.82, 2.24) is 0 Å². The Labute approximate surface area is 172 Å². The van der Waals surface area contributed by atoms with E-state index in [1.165, 1.54) is 11.3 Å². The first-order valence-electron chi connectivity index (χ1n) is 9.89. The Balaban J connectivity index is 1.49. The Bertz CT molecular complexity index is 1160. The topological polar surface area (TPSA) is 59.8 Å². The Kier molecular flexibility index (Phi) is 4.55. The summed E-state index contributed by atoms with van der Waals surface area (Å²) in [6, 6.07) is 10.7. The summed E-state index contributed by atoms with van der Waals surface area (Å²) in [7, 11) is 0. The molecule has 2 aromatic carbocycles. The maximum Gasteiger partial charge on any atom is 0.351 e.